The Morgan fingerprint density at radius 2 is 1.71 bits per heavy atom. The molecule has 4 heteroatoms. The van der Waals surface area contributed by atoms with Crippen LogP contribution in [0.3, 0.4) is 0 Å². The van der Waals surface area contributed by atoms with E-state index in [9.17, 15) is 0 Å². The van der Waals surface area contributed by atoms with Gasteiger partial charge < -0.3 is 11.1 Å². The number of halogens is 2. The molecule has 0 unspecified atom stereocenters. The first-order valence-electron chi connectivity index (χ1n) is 5.18. The van der Waals surface area contributed by atoms with Gasteiger partial charge in [-0.25, -0.2) is 0 Å². The van der Waals surface area contributed by atoms with Gasteiger partial charge in [0.25, 0.3) is 0 Å². The van der Waals surface area contributed by atoms with Gasteiger partial charge in [0.15, 0.2) is 0 Å². The molecule has 0 aliphatic carbocycles. The molecule has 17 heavy (non-hydrogen) atoms. The molecule has 0 aromatic heterocycles. The number of nitrogens with one attached hydrogen (secondary N) is 1. The molecule has 0 saturated heterocycles. The lowest BCUT2D eigenvalue weighted by molar-refractivity contribution is 1.15. The standard InChI is InChI=1S/C13H12Cl2N2/c14-10-3-6-13(12(15)7-10)17-8-9-1-4-11(16)5-2-9/h1-7,17H,8,16H2. The minimum absolute atomic E-state index is 0.618. The first-order valence-corrected chi connectivity index (χ1v) is 5.94. The molecule has 0 aliphatic rings. The first-order chi connectivity index (χ1) is 8.15. The summed E-state index contributed by atoms with van der Waals surface area (Å²) >= 11 is 11.9. The van der Waals surface area contributed by atoms with E-state index < -0.39 is 0 Å². The van der Waals surface area contributed by atoms with E-state index in [-0.39, 0.29) is 0 Å². The van der Waals surface area contributed by atoms with E-state index in [1.165, 1.54) is 0 Å². The highest BCUT2D eigenvalue weighted by atomic mass is 35.5. The summed E-state index contributed by atoms with van der Waals surface area (Å²) in [6, 6.07) is 13.1. The lowest BCUT2D eigenvalue weighted by Gasteiger charge is -2.08. The molecular formula is C13H12Cl2N2. The molecule has 2 aromatic carbocycles. The van der Waals surface area contributed by atoms with Gasteiger partial charge in [-0.2, -0.15) is 0 Å². The van der Waals surface area contributed by atoms with E-state index in [1.54, 1.807) is 12.1 Å². The third kappa shape index (κ3) is 3.29. The van der Waals surface area contributed by atoms with Crippen LogP contribution in [0.15, 0.2) is 42.5 Å². The second-order valence-electron chi connectivity index (χ2n) is 3.72. The Bertz CT molecular complexity index is 509. The lowest BCUT2D eigenvalue weighted by atomic mass is 10.2. The predicted octanol–water partition coefficient (Wildman–Crippen LogP) is 4.19. The maximum absolute atomic E-state index is 6.05. The van der Waals surface area contributed by atoms with Crippen LogP contribution in [0.25, 0.3) is 0 Å². The van der Waals surface area contributed by atoms with Crippen molar-refractivity contribution in [2.24, 2.45) is 0 Å². The monoisotopic (exact) mass is 266 g/mol. The summed E-state index contributed by atoms with van der Waals surface area (Å²) in [5.41, 5.74) is 8.39. The van der Waals surface area contributed by atoms with Crippen molar-refractivity contribution < 1.29 is 0 Å². The molecule has 0 aliphatic heterocycles. The van der Waals surface area contributed by atoms with Crippen LogP contribution in [0.5, 0.6) is 0 Å². The summed E-state index contributed by atoms with van der Waals surface area (Å²) in [7, 11) is 0. The second-order valence-corrected chi connectivity index (χ2v) is 4.56. The molecule has 2 rings (SSSR count). The van der Waals surface area contributed by atoms with Crippen molar-refractivity contribution in [2.75, 3.05) is 11.1 Å². The van der Waals surface area contributed by atoms with Crippen LogP contribution >= 0.6 is 23.2 Å². The van der Waals surface area contributed by atoms with E-state index in [1.807, 2.05) is 30.3 Å². The van der Waals surface area contributed by atoms with Crippen molar-refractivity contribution in [1.82, 2.24) is 0 Å². The van der Waals surface area contributed by atoms with Crippen molar-refractivity contribution in [3.8, 4) is 0 Å². The summed E-state index contributed by atoms with van der Waals surface area (Å²) in [5, 5.41) is 4.50. The number of rotatable bonds is 3. The second kappa shape index (κ2) is 5.30. The van der Waals surface area contributed by atoms with E-state index in [0.717, 1.165) is 16.9 Å². The highest BCUT2D eigenvalue weighted by molar-refractivity contribution is 6.36. The molecule has 0 saturated carbocycles. The summed E-state index contributed by atoms with van der Waals surface area (Å²) < 4.78 is 0. The molecule has 2 nitrogen and oxygen atoms in total. The van der Waals surface area contributed by atoms with Gasteiger partial charge in [-0.05, 0) is 35.9 Å². The van der Waals surface area contributed by atoms with Crippen LogP contribution in [0.1, 0.15) is 5.56 Å². The Morgan fingerprint density at radius 1 is 1.00 bits per heavy atom. The van der Waals surface area contributed by atoms with Gasteiger partial charge in [0, 0.05) is 17.3 Å². The maximum atomic E-state index is 6.05. The SMILES string of the molecule is Nc1ccc(CNc2ccc(Cl)cc2Cl)cc1. The van der Waals surface area contributed by atoms with Gasteiger partial charge in [0.2, 0.25) is 0 Å². The minimum Gasteiger partial charge on any atom is -0.399 e. The molecule has 0 radical (unpaired) electrons. The molecule has 0 amide bonds. The van der Waals surface area contributed by atoms with Crippen LogP contribution in [-0.2, 0) is 6.54 Å². The van der Waals surface area contributed by atoms with Gasteiger partial charge in [-0.1, -0.05) is 35.3 Å². The smallest absolute Gasteiger partial charge is 0.0652 e. The molecule has 88 valence electrons. The molecule has 0 fully saturated rings. The van der Waals surface area contributed by atoms with Gasteiger partial charge in [-0.3, -0.25) is 0 Å². The van der Waals surface area contributed by atoms with E-state index >= 15 is 0 Å². The van der Waals surface area contributed by atoms with E-state index in [0.29, 0.717) is 16.6 Å². The van der Waals surface area contributed by atoms with Crippen molar-refractivity contribution in [2.45, 2.75) is 6.54 Å². The third-order valence-corrected chi connectivity index (χ3v) is 2.94. The zero-order chi connectivity index (χ0) is 12.3. The Morgan fingerprint density at radius 3 is 2.35 bits per heavy atom. The molecule has 0 heterocycles. The Kier molecular flexibility index (Phi) is 3.77. The zero-order valence-corrected chi connectivity index (χ0v) is 10.6. The Balaban J connectivity index is 2.04. The largest absolute Gasteiger partial charge is 0.399 e. The third-order valence-electron chi connectivity index (χ3n) is 2.39. The van der Waals surface area contributed by atoms with Crippen molar-refractivity contribution in [1.29, 1.82) is 0 Å². The van der Waals surface area contributed by atoms with Gasteiger partial charge in [-0.15, -0.1) is 0 Å². The van der Waals surface area contributed by atoms with Gasteiger partial charge in [0.05, 0.1) is 10.7 Å². The van der Waals surface area contributed by atoms with Crippen molar-refractivity contribution >= 4 is 34.6 Å². The topological polar surface area (TPSA) is 38.0 Å². The average Bonchev–Trinajstić information content (AvgIpc) is 2.30. The van der Waals surface area contributed by atoms with Gasteiger partial charge >= 0.3 is 0 Å². The molecule has 0 spiro atoms. The average molecular weight is 267 g/mol. The van der Waals surface area contributed by atoms with Crippen LogP contribution < -0.4 is 11.1 Å². The lowest BCUT2D eigenvalue weighted by Crippen LogP contribution is -2.00. The maximum Gasteiger partial charge on any atom is 0.0652 e. The summed E-state index contributed by atoms with van der Waals surface area (Å²) in [4.78, 5) is 0. The molecule has 0 bridgehead atoms. The predicted molar refractivity (Wildman–Crippen MR) is 74.6 cm³/mol. The molecule has 3 N–H and O–H groups in total. The zero-order valence-electron chi connectivity index (χ0n) is 9.08. The summed E-state index contributed by atoms with van der Waals surface area (Å²) in [6.45, 7) is 0.696. The minimum atomic E-state index is 0.618. The van der Waals surface area contributed by atoms with Crippen molar-refractivity contribution in [3.05, 3.63) is 58.1 Å². The van der Waals surface area contributed by atoms with Crippen molar-refractivity contribution in [3.63, 3.8) is 0 Å². The number of hydrogen-bond acceptors (Lipinski definition) is 2. The molecule has 2 aromatic rings. The fraction of sp³-hybridized carbons (Fsp3) is 0.0769. The normalized spacial score (nSPS) is 10.2. The van der Waals surface area contributed by atoms with Crippen LogP contribution in [-0.4, -0.2) is 0 Å². The Labute approximate surface area is 110 Å². The summed E-state index contributed by atoms with van der Waals surface area (Å²) in [6.07, 6.45) is 0. The van der Waals surface area contributed by atoms with Crippen LogP contribution in [0.4, 0.5) is 11.4 Å². The van der Waals surface area contributed by atoms with Crippen LogP contribution in [0.2, 0.25) is 10.0 Å². The van der Waals surface area contributed by atoms with E-state index in [2.05, 4.69) is 5.32 Å². The van der Waals surface area contributed by atoms with Gasteiger partial charge in [0.1, 0.15) is 0 Å². The number of nitrogen functional groups attached to an aromatic ring is 1. The number of benzene rings is 2. The van der Waals surface area contributed by atoms with Crippen LogP contribution in [0, 0.1) is 0 Å². The number of hydrogen-bond donors (Lipinski definition) is 2. The quantitative estimate of drug-likeness (QED) is 0.818. The molecule has 0 atom stereocenters. The Hall–Kier alpha value is -1.38. The number of anilines is 2. The van der Waals surface area contributed by atoms with E-state index in [4.69, 9.17) is 28.9 Å². The summed E-state index contributed by atoms with van der Waals surface area (Å²) in [5.74, 6) is 0. The number of nitrogens with two attached hydrogens (primary N) is 1. The first kappa shape index (κ1) is 12.1. The molecular weight excluding hydrogens is 255 g/mol. The highest BCUT2D eigenvalue weighted by Gasteiger charge is 2.00. The highest BCUT2D eigenvalue weighted by Crippen LogP contribution is 2.25. The fourth-order valence-electron chi connectivity index (χ4n) is 1.47. The fourth-order valence-corrected chi connectivity index (χ4v) is 1.94.